The summed E-state index contributed by atoms with van der Waals surface area (Å²) in [7, 11) is 0. The number of nitrogens with two attached hydrogens (primary N) is 1. The van der Waals surface area contributed by atoms with E-state index in [9.17, 15) is 0 Å². The summed E-state index contributed by atoms with van der Waals surface area (Å²) in [6.45, 7) is 0. The lowest BCUT2D eigenvalue weighted by Gasteiger charge is -2.08. The van der Waals surface area contributed by atoms with Crippen LogP contribution in [0.25, 0.3) is 10.2 Å². The van der Waals surface area contributed by atoms with Crippen molar-refractivity contribution in [2.24, 2.45) is 0 Å². The minimum absolute atomic E-state index is 0.535. The average Bonchev–Trinajstić information content (AvgIpc) is 2.83. The lowest BCUT2D eigenvalue weighted by molar-refractivity contribution is 0.466. The summed E-state index contributed by atoms with van der Waals surface area (Å²) in [5, 5.41) is 2.86. The Morgan fingerprint density at radius 1 is 1.22 bits per heavy atom. The number of hydrogen-bond donors (Lipinski definition) is 1. The highest BCUT2D eigenvalue weighted by atomic mass is 79.9. The molecule has 90 valence electrons. The second-order valence-electron chi connectivity index (χ2n) is 3.61. The summed E-state index contributed by atoms with van der Waals surface area (Å²) in [5.41, 5.74) is 6.38. The van der Waals surface area contributed by atoms with E-state index in [-0.39, 0.29) is 0 Å². The van der Waals surface area contributed by atoms with E-state index in [1.807, 2.05) is 17.5 Å². The number of ether oxygens (including phenoxy) is 1. The van der Waals surface area contributed by atoms with Crippen LogP contribution in [0.2, 0.25) is 0 Å². The predicted octanol–water partition coefficient (Wildman–Crippen LogP) is 3.83. The molecule has 2 aromatic heterocycles. The van der Waals surface area contributed by atoms with Crippen molar-refractivity contribution in [3.05, 3.63) is 40.4 Å². The predicted molar refractivity (Wildman–Crippen MR) is 76.0 cm³/mol. The maximum absolute atomic E-state index is 5.79. The number of halogens is 1. The zero-order chi connectivity index (χ0) is 12.5. The first kappa shape index (κ1) is 11.4. The first-order valence-corrected chi connectivity index (χ1v) is 6.82. The second kappa shape index (κ2) is 4.55. The average molecular weight is 322 g/mol. The minimum Gasteiger partial charge on any atom is -0.437 e. The van der Waals surface area contributed by atoms with Gasteiger partial charge in [-0.15, -0.1) is 11.3 Å². The van der Waals surface area contributed by atoms with Crippen molar-refractivity contribution in [2.45, 2.75) is 0 Å². The molecule has 3 aromatic rings. The Morgan fingerprint density at radius 3 is 3.00 bits per heavy atom. The molecule has 0 amide bonds. The van der Waals surface area contributed by atoms with Gasteiger partial charge in [-0.3, -0.25) is 0 Å². The van der Waals surface area contributed by atoms with Crippen LogP contribution in [0.1, 0.15) is 0 Å². The number of anilines is 1. The molecule has 0 aliphatic heterocycles. The highest BCUT2D eigenvalue weighted by Gasteiger charge is 2.09. The van der Waals surface area contributed by atoms with Crippen molar-refractivity contribution in [1.29, 1.82) is 0 Å². The van der Waals surface area contributed by atoms with Crippen LogP contribution in [0, 0.1) is 0 Å². The summed E-state index contributed by atoms with van der Waals surface area (Å²) >= 11 is 4.97. The third-order valence-electron chi connectivity index (χ3n) is 2.39. The maximum Gasteiger partial charge on any atom is 0.231 e. The highest BCUT2D eigenvalue weighted by molar-refractivity contribution is 9.10. The van der Waals surface area contributed by atoms with Crippen LogP contribution in [0.5, 0.6) is 11.6 Å². The fourth-order valence-electron chi connectivity index (χ4n) is 1.55. The van der Waals surface area contributed by atoms with Crippen LogP contribution in [-0.2, 0) is 0 Å². The molecule has 0 aliphatic carbocycles. The molecule has 0 saturated heterocycles. The molecule has 0 fully saturated rings. The first-order chi connectivity index (χ1) is 8.74. The van der Waals surface area contributed by atoms with Gasteiger partial charge in [0.1, 0.15) is 16.9 Å². The monoisotopic (exact) mass is 321 g/mol. The molecule has 6 heteroatoms. The van der Waals surface area contributed by atoms with Crippen molar-refractivity contribution in [3.63, 3.8) is 0 Å². The van der Waals surface area contributed by atoms with Gasteiger partial charge in [-0.1, -0.05) is 0 Å². The Balaban J connectivity index is 2.06. The zero-order valence-corrected chi connectivity index (χ0v) is 11.5. The fraction of sp³-hybridized carbons (Fsp3) is 0. The molecule has 0 unspecified atom stereocenters. The van der Waals surface area contributed by atoms with Crippen molar-refractivity contribution in [1.82, 2.24) is 9.97 Å². The standard InChI is InChI=1S/C12H8BrN3OS/c13-9-2-1-7(14)5-10(9)17-11-8-3-4-18-12(8)16-6-15-11/h1-6H,14H2. The van der Waals surface area contributed by atoms with Gasteiger partial charge >= 0.3 is 0 Å². The first-order valence-electron chi connectivity index (χ1n) is 5.15. The number of thiophene rings is 1. The summed E-state index contributed by atoms with van der Waals surface area (Å²) < 4.78 is 6.62. The summed E-state index contributed by atoms with van der Waals surface area (Å²) in [5.74, 6) is 1.17. The summed E-state index contributed by atoms with van der Waals surface area (Å²) in [6.07, 6.45) is 1.49. The second-order valence-corrected chi connectivity index (χ2v) is 5.36. The van der Waals surface area contributed by atoms with E-state index < -0.39 is 0 Å². The molecule has 0 bridgehead atoms. The highest BCUT2D eigenvalue weighted by Crippen LogP contribution is 2.34. The SMILES string of the molecule is Nc1ccc(Br)c(Oc2ncnc3sccc23)c1. The van der Waals surface area contributed by atoms with E-state index in [0.717, 1.165) is 14.7 Å². The van der Waals surface area contributed by atoms with Crippen molar-refractivity contribution >= 4 is 43.2 Å². The smallest absolute Gasteiger partial charge is 0.231 e. The number of fused-ring (bicyclic) bond motifs is 1. The van der Waals surface area contributed by atoms with E-state index in [2.05, 4.69) is 25.9 Å². The van der Waals surface area contributed by atoms with Gasteiger partial charge in [0.2, 0.25) is 5.88 Å². The van der Waals surface area contributed by atoms with E-state index in [1.54, 1.807) is 23.5 Å². The molecule has 2 N–H and O–H groups in total. The quantitative estimate of drug-likeness (QED) is 0.729. The molecule has 18 heavy (non-hydrogen) atoms. The van der Waals surface area contributed by atoms with Crippen LogP contribution < -0.4 is 10.5 Å². The lowest BCUT2D eigenvalue weighted by atomic mass is 10.3. The number of rotatable bonds is 2. The molecule has 3 rings (SSSR count). The van der Waals surface area contributed by atoms with Crippen LogP contribution in [0.15, 0.2) is 40.4 Å². The zero-order valence-electron chi connectivity index (χ0n) is 9.13. The Morgan fingerprint density at radius 2 is 2.11 bits per heavy atom. The van der Waals surface area contributed by atoms with E-state index >= 15 is 0 Å². The lowest BCUT2D eigenvalue weighted by Crippen LogP contribution is -1.92. The van der Waals surface area contributed by atoms with Crippen molar-refractivity contribution < 1.29 is 4.74 Å². The van der Waals surface area contributed by atoms with Crippen molar-refractivity contribution in [2.75, 3.05) is 5.73 Å². The van der Waals surface area contributed by atoms with Crippen LogP contribution in [0.4, 0.5) is 5.69 Å². The number of aromatic nitrogens is 2. The molecule has 2 heterocycles. The van der Waals surface area contributed by atoms with Gasteiger partial charge in [0.05, 0.1) is 9.86 Å². The van der Waals surface area contributed by atoms with Gasteiger partial charge in [0.15, 0.2) is 0 Å². The number of nitrogens with zero attached hydrogens (tertiary/aromatic N) is 2. The summed E-state index contributed by atoms with van der Waals surface area (Å²) in [6, 6.07) is 7.34. The number of hydrogen-bond acceptors (Lipinski definition) is 5. The molecule has 0 atom stereocenters. The van der Waals surface area contributed by atoms with Gasteiger partial charge in [-0.25, -0.2) is 9.97 Å². The largest absolute Gasteiger partial charge is 0.437 e. The Bertz CT molecular complexity index is 713. The normalized spacial score (nSPS) is 10.7. The van der Waals surface area contributed by atoms with E-state index in [1.165, 1.54) is 6.33 Å². The molecule has 0 saturated carbocycles. The molecular formula is C12H8BrN3OS. The molecule has 0 radical (unpaired) electrons. The van der Waals surface area contributed by atoms with Crippen LogP contribution in [0.3, 0.4) is 0 Å². The van der Waals surface area contributed by atoms with Crippen LogP contribution in [-0.4, -0.2) is 9.97 Å². The number of benzene rings is 1. The Kier molecular flexibility index (Phi) is 2.89. The van der Waals surface area contributed by atoms with Gasteiger partial charge in [-0.2, -0.15) is 0 Å². The Labute approximate surface area is 116 Å². The van der Waals surface area contributed by atoms with Gasteiger partial charge in [-0.05, 0) is 39.5 Å². The minimum atomic E-state index is 0.535. The van der Waals surface area contributed by atoms with E-state index in [0.29, 0.717) is 17.3 Å². The Hall–Kier alpha value is -1.66. The summed E-state index contributed by atoms with van der Waals surface area (Å²) in [4.78, 5) is 9.23. The molecule has 0 spiro atoms. The molecule has 1 aromatic carbocycles. The maximum atomic E-state index is 5.79. The topological polar surface area (TPSA) is 61.0 Å². The van der Waals surface area contributed by atoms with Crippen LogP contribution >= 0.6 is 27.3 Å². The molecular weight excluding hydrogens is 314 g/mol. The molecule has 0 aliphatic rings. The van der Waals surface area contributed by atoms with Gasteiger partial charge < -0.3 is 10.5 Å². The van der Waals surface area contributed by atoms with Gasteiger partial charge in [0, 0.05) is 11.8 Å². The van der Waals surface area contributed by atoms with E-state index in [4.69, 9.17) is 10.5 Å². The third-order valence-corrected chi connectivity index (χ3v) is 3.86. The van der Waals surface area contributed by atoms with Gasteiger partial charge in [0.25, 0.3) is 0 Å². The molecule has 4 nitrogen and oxygen atoms in total. The third kappa shape index (κ3) is 2.04. The fourth-order valence-corrected chi connectivity index (χ4v) is 2.60. The van der Waals surface area contributed by atoms with Crippen molar-refractivity contribution in [3.8, 4) is 11.6 Å². The number of nitrogen functional groups attached to an aromatic ring is 1.